The molecule has 2 N–H and O–H groups in total. The van der Waals surface area contributed by atoms with E-state index in [0.29, 0.717) is 0 Å². The first-order chi connectivity index (χ1) is 10.1. The number of aryl methyl sites for hydroxylation is 1. The van der Waals surface area contributed by atoms with Crippen LogP contribution in [0.2, 0.25) is 5.02 Å². The van der Waals surface area contributed by atoms with Gasteiger partial charge in [-0.25, -0.2) is 4.98 Å². The van der Waals surface area contributed by atoms with Crippen LogP contribution in [-0.2, 0) is 6.54 Å². The molecule has 3 rings (SSSR count). The topological polar surface area (TPSA) is 40.7 Å². The predicted molar refractivity (Wildman–Crippen MR) is 87.5 cm³/mol. The minimum atomic E-state index is 0.150. The molecule has 0 spiro atoms. The Morgan fingerprint density at radius 1 is 1.24 bits per heavy atom. The Hall–Kier alpha value is -1.84. The third-order valence-electron chi connectivity index (χ3n) is 3.67. The zero-order valence-corrected chi connectivity index (χ0v) is 12.9. The molecule has 1 atom stereocenters. The maximum absolute atomic E-state index is 6.15. The fourth-order valence-corrected chi connectivity index (χ4v) is 2.49. The van der Waals surface area contributed by atoms with Crippen LogP contribution in [0.15, 0.2) is 42.5 Å². The van der Waals surface area contributed by atoms with E-state index < -0.39 is 0 Å². The van der Waals surface area contributed by atoms with Gasteiger partial charge in [0.05, 0.1) is 17.1 Å². The van der Waals surface area contributed by atoms with Crippen LogP contribution in [0.5, 0.6) is 0 Å². The summed E-state index contributed by atoms with van der Waals surface area (Å²) in [5.41, 5.74) is 4.35. The zero-order valence-electron chi connectivity index (χ0n) is 12.2. The Kier molecular flexibility index (Phi) is 3.95. The molecule has 0 fully saturated rings. The van der Waals surface area contributed by atoms with Crippen molar-refractivity contribution in [2.75, 3.05) is 0 Å². The van der Waals surface area contributed by atoms with E-state index in [-0.39, 0.29) is 6.04 Å². The summed E-state index contributed by atoms with van der Waals surface area (Å²) in [5, 5.41) is 4.28. The van der Waals surface area contributed by atoms with Gasteiger partial charge in [-0.15, -0.1) is 0 Å². The van der Waals surface area contributed by atoms with Crippen molar-refractivity contribution in [3.63, 3.8) is 0 Å². The molecule has 0 saturated heterocycles. The lowest BCUT2D eigenvalue weighted by Crippen LogP contribution is -2.19. The molecule has 0 bridgehead atoms. The van der Waals surface area contributed by atoms with Crippen LogP contribution in [-0.4, -0.2) is 9.97 Å². The summed E-state index contributed by atoms with van der Waals surface area (Å²) in [4.78, 5) is 7.96. The molecule has 0 aliphatic carbocycles. The molecule has 0 saturated carbocycles. The number of nitrogens with zero attached hydrogens (tertiary/aromatic N) is 1. The number of halogens is 1. The number of rotatable bonds is 4. The molecule has 1 unspecified atom stereocenters. The monoisotopic (exact) mass is 299 g/mol. The van der Waals surface area contributed by atoms with Gasteiger partial charge in [0, 0.05) is 11.6 Å². The van der Waals surface area contributed by atoms with Gasteiger partial charge < -0.3 is 10.3 Å². The van der Waals surface area contributed by atoms with Crippen molar-refractivity contribution in [3.8, 4) is 0 Å². The number of benzene rings is 2. The fraction of sp³-hybridized carbons (Fsp3) is 0.235. The van der Waals surface area contributed by atoms with Crippen LogP contribution in [0.1, 0.15) is 29.9 Å². The number of hydrogen-bond acceptors (Lipinski definition) is 2. The third-order valence-corrected chi connectivity index (χ3v) is 4.07. The highest BCUT2D eigenvalue weighted by molar-refractivity contribution is 6.31. The van der Waals surface area contributed by atoms with Crippen molar-refractivity contribution < 1.29 is 0 Å². The Labute approximate surface area is 129 Å². The number of aromatic nitrogens is 2. The first-order valence-corrected chi connectivity index (χ1v) is 7.44. The van der Waals surface area contributed by atoms with E-state index >= 15 is 0 Å². The van der Waals surface area contributed by atoms with E-state index in [2.05, 4.69) is 28.3 Å². The molecule has 1 heterocycles. The largest absolute Gasteiger partial charge is 0.341 e. The van der Waals surface area contributed by atoms with E-state index in [1.165, 1.54) is 5.56 Å². The van der Waals surface area contributed by atoms with E-state index in [9.17, 15) is 0 Å². The average Bonchev–Trinajstić information content (AvgIpc) is 2.92. The van der Waals surface area contributed by atoms with E-state index in [0.717, 1.165) is 34.0 Å². The van der Waals surface area contributed by atoms with Gasteiger partial charge in [-0.05, 0) is 43.2 Å². The van der Waals surface area contributed by atoms with Crippen molar-refractivity contribution >= 4 is 22.6 Å². The van der Waals surface area contributed by atoms with Gasteiger partial charge in [-0.3, -0.25) is 0 Å². The summed E-state index contributed by atoms with van der Waals surface area (Å²) < 4.78 is 0. The number of para-hydroxylation sites is 2. The molecule has 1 aromatic heterocycles. The minimum absolute atomic E-state index is 0.150. The molecule has 3 nitrogen and oxygen atoms in total. The van der Waals surface area contributed by atoms with Gasteiger partial charge in [0.1, 0.15) is 5.82 Å². The maximum Gasteiger partial charge on any atom is 0.124 e. The van der Waals surface area contributed by atoms with Crippen LogP contribution in [0.4, 0.5) is 0 Å². The fourth-order valence-electron chi connectivity index (χ4n) is 2.29. The number of nitrogens with one attached hydrogen (secondary N) is 2. The normalized spacial score (nSPS) is 12.7. The molecule has 4 heteroatoms. The predicted octanol–water partition coefficient (Wildman–Crippen LogP) is 4.38. The summed E-state index contributed by atoms with van der Waals surface area (Å²) in [7, 11) is 0. The first kappa shape index (κ1) is 14.1. The van der Waals surface area contributed by atoms with Gasteiger partial charge in [0.2, 0.25) is 0 Å². The Morgan fingerprint density at radius 3 is 2.81 bits per heavy atom. The lowest BCUT2D eigenvalue weighted by molar-refractivity contribution is 0.552. The van der Waals surface area contributed by atoms with Crippen LogP contribution in [0, 0.1) is 6.92 Å². The molecule has 0 radical (unpaired) electrons. The Bertz CT molecular complexity index is 731. The maximum atomic E-state index is 6.15. The van der Waals surface area contributed by atoms with Gasteiger partial charge in [0.25, 0.3) is 0 Å². The van der Waals surface area contributed by atoms with Gasteiger partial charge >= 0.3 is 0 Å². The smallest absolute Gasteiger partial charge is 0.124 e. The zero-order chi connectivity index (χ0) is 14.8. The average molecular weight is 300 g/mol. The molecule has 0 amide bonds. The van der Waals surface area contributed by atoms with Crippen molar-refractivity contribution in [1.82, 2.24) is 15.3 Å². The summed E-state index contributed by atoms with van der Waals surface area (Å²) in [6.07, 6.45) is 0. The van der Waals surface area contributed by atoms with Crippen LogP contribution in [0.3, 0.4) is 0 Å². The molecular weight excluding hydrogens is 282 g/mol. The van der Waals surface area contributed by atoms with Gasteiger partial charge in [-0.2, -0.15) is 0 Å². The SMILES string of the molecule is Cc1ccc(CNC(C)c2nc3ccccc3[nH]2)cc1Cl. The van der Waals surface area contributed by atoms with Gasteiger partial charge in [-0.1, -0.05) is 35.9 Å². The summed E-state index contributed by atoms with van der Waals surface area (Å²) in [6, 6.07) is 14.4. The molecule has 21 heavy (non-hydrogen) atoms. The highest BCUT2D eigenvalue weighted by Gasteiger charge is 2.10. The minimum Gasteiger partial charge on any atom is -0.341 e. The molecular formula is C17H18ClN3. The Morgan fingerprint density at radius 2 is 2.05 bits per heavy atom. The molecule has 0 aliphatic rings. The lowest BCUT2D eigenvalue weighted by atomic mass is 10.1. The number of fused-ring (bicyclic) bond motifs is 1. The van der Waals surface area contributed by atoms with Crippen LogP contribution < -0.4 is 5.32 Å². The number of imidazole rings is 1. The van der Waals surface area contributed by atoms with E-state index in [1.54, 1.807) is 0 Å². The molecule has 0 aliphatic heterocycles. The number of hydrogen-bond donors (Lipinski definition) is 2. The number of H-pyrrole nitrogens is 1. The highest BCUT2D eigenvalue weighted by atomic mass is 35.5. The van der Waals surface area contributed by atoms with Crippen LogP contribution in [0.25, 0.3) is 11.0 Å². The highest BCUT2D eigenvalue weighted by Crippen LogP contribution is 2.18. The van der Waals surface area contributed by atoms with Crippen molar-refractivity contribution in [3.05, 3.63) is 64.4 Å². The first-order valence-electron chi connectivity index (χ1n) is 7.06. The third kappa shape index (κ3) is 3.09. The van der Waals surface area contributed by atoms with E-state index in [4.69, 9.17) is 11.6 Å². The Balaban J connectivity index is 1.70. The summed E-state index contributed by atoms with van der Waals surface area (Å²) >= 11 is 6.15. The second kappa shape index (κ2) is 5.88. The lowest BCUT2D eigenvalue weighted by Gasteiger charge is -2.12. The van der Waals surface area contributed by atoms with Gasteiger partial charge in [0.15, 0.2) is 0 Å². The molecule has 108 valence electrons. The second-order valence-corrected chi connectivity index (χ2v) is 5.73. The van der Waals surface area contributed by atoms with Crippen molar-refractivity contribution in [1.29, 1.82) is 0 Å². The van der Waals surface area contributed by atoms with Crippen molar-refractivity contribution in [2.24, 2.45) is 0 Å². The van der Waals surface area contributed by atoms with Crippen LogP contribution >= 0.6 is 11.6 Å². The van der Waals surface area contributed by atoms with E-state index in [1.807, 2.05) is 43.3 Å². The van der Waals surface area contributed by atoms with Crippen molar-refractivity contribution in [2.45, 2.75) is 26.4 Å². The number of aromatic amines is 1. The quantitative estimate of drug-likeness (QED) is 0.751. The summed E-state index contributed by atoms with van der Waals surface area (Å²) in [6.45, 7) is 4.88. The summed E-state index contributed by atoms with van der Waals surface area (Å²) in [5.74, 6) is 0.953. The standard InChI is InChI=1S/C17H18ClN3/c1-11-7-8-13(9-14(11)18)10-19-12(2)17-20-15-5-3-4-6-16(15)21-17/h3-9,12,19H,10H2,1-2H3,(H,20,21). The molecule has 2 aromatic carbocycles. The molecule has 3 aromatic rings. The second-order valence-electron chi connectivity index (χ2n) is 5.33.